The quantitative estimate of drug-likeness (QED) is 0.765. The van der Waals surface area contributed by atoms with E-state index in [-0.39, 0.29) is 24.7 Å². The van der Waals surface area contributed by atoms with E-state index >= 15 is 0 Å². The fraction of sp³-hybridized carbons (Fsp3) is 0.167. The average Bonchev–Trinajstić information content (AvgIpc) is 1.88. The second-order valence-electron chi connectivity index (χ2n) is 1.82. The topological polar surface area (TPSA) is 59.1 Å². The molecule has 1 aromatic rings. The van der Waals surface area contributed by atoms with Crippen LogP contribution in [0.25, 0.3) is 0 Å². The number of hydrogen-bond acceptors (Lipinski definition) is 3. The number of aromatic hydroxyl groups is 1. The monoisotopic (exact) mass is 286 g/mol. The first-order chi connectivity index (χ1) is 4.74. The van der Waals surface area contributed by atoms with E-state index in [1.54, 1.807) is 12.3 Å². The number of pyridine rings is 1. The van der Waals surface area contributed by atoms with E-state index < -0.39 is 0 Å². The zero-order valence-electron chi connectivity index (χ0n) is 5.62. The Bertz CT molecular complexity index is 244. The van der Waals surface area contributed by atoms with Crippen LogP contribution in [-0.4, -0.2) is 10.1 Å². The van der Waals surface area contributed by atoms with E-state index in [1.807, 2.05) is 0 Å². The summed E-state index contributed by atoms with van der Waals surface area (Å²) in [5, 5.41) is 9.14. The maximum atomic E-state index is 9.14. The van der Waals surface area contributed by atoms with Gasteiger partial charge in [-0.05, 0) is 28.7 Å². The van der Waals surface area contributed by atoms with Crippen LogP contribution in [0, 0.1) is 3.57 Å². The molecule has 3 N–H and O–H groups in total. The van der Waals surface area contributed by atoms with Gasteiger partial charge in [0.2, 0.25) is 0 Å². The summed E-state index contributed by atoms with van der Waals surface area (Å²) in [6.45, 7) is 0.281. The molecule has 1 rings (SSSR count). The van der Waals surface area contributed by atoms with Gasteiger partial charge in [-0.25, -0.2) is 0 Å². The van der Waals surface area contributed by atoms with Crippen molar-refractivity contribution in [3.8, 4) is 5.75 Å². The van der Waals surface area contributed by atoms with Crippen molar-refractivity contribution in [3.63, 3.8) is 0 Å². The van der Waals surface area contributed by atoms with Gasteiger partial charge in [-0.2, -0.15) is 0 Å². The Morgan fingerprint density at radius 2 is 2.27 bits per heavy atom. The van der Waals surface area contributed by atoms with Gasteiger partial charge < -0.3 is 10.8 Å². The lowest BCUT2D eigenvalue weighted by Crippen LogP contribution is -1.99. The molecule has 0 aromatic carbocycles. The third kappa shape index (κ3) is 2.80. The molecule has 0 aliphatic rings. The van der Waals surface area contributed by atoms with Crippen LogP contribution in [0.2, 0.25) is 0 Å². The van der Waals surface area contributed by atoms with Crippen molar-refractivity contribution < 1.29 is 5.11 Å². The predicted octanol–water partition coefficient (Wildman–Crippen LogP) is 1.27. The molecule has 5 heteroatoms. The van der Waals surface area contributed by atoms with Crippen molar-refractivity contribution in [1.29, 1.82) is 0 Å². The summed E-state index contributed by atoms with van der Waals surface area (Å²) in [7, 11) is 0. The lowest BCUT2D eigenvalue weighted by molar-refractivity contribution is 0.464. The molecule has 0 unspecified atom stereocenters. The molecule has 0 atom stereocenters. The van der Waals surface area contributed by atoms with Gasteiger partial charge in [0.1, 0.15) is 5.75 Å². The third-order valence-corrected chi connectivity index (χ3v) is 1.70. The molecule has 0 bridgehead atoms. The molecule has 0 fully saturated rings. The summed E-state index contributed by atoms with van der Waals surface area (Å²) in [5.74, 6) is 0.175. The number of nitrogens with zero attached hydrogens (tertiary/aromatic N) is 1. The minimum absolute atomic E-state index is 0. The highest BCUT2D eigenvalue weighted by Crippen LogP contribution is 2.15. The van der Waals surface area contributed by atoms with Gasteiger partial charge in [0.15, 0.2) is 0 Å². The highest BCUT2D eigenvalue weighted by molar-refractivity contribution is 14.1. The summed E-state index contributed by atoms with van der Waals surface area (Å²) in [6, 6.07) is 1.63. The molecule has 3 nitrogen and oxygen atoms in total. The van der Waals surface area contributed by atoms with Crippen LogP contribution in [0.4, 0.5) is 0 Å². The standard InChI is InChI=1S/C6H7IN2O.ClH/c7-4-1-6(10)5(2-8)9-3-4;/h1,3,10H,2,8H2;1H. The van der Waals surface area contributed by atoms with Crippen molar-refractivity contribution in [2.45, 2.75) is 6.54 Å². The van der Waals surface area contributed by atoms with E-state index in [2.05, 4.69) is 27.6 Å². The van der Waals surface area contributed by atoms with Gasteiger partial charge in [-0.15, -0.1) is 12.4 Å². The minimum Gasteiger partial charge on any atom is -0.506 e. The fourth-order valence-electron chi connectivity index (χ4n) is 0.614. The molecule has 0 spiro atoms. The van der Waals surface area contributed by atoms with Crippen LogP contribution in [0.3, 0.4) is 0 Å². The van der Waals surface area contributed by atoms with Gasteiger partial charge in [0, 0.05) is 16.3 Å². The zero-order valence-corrected chi connectivity index (χ0v) is 8.59. The highest BCUT2D eigenvalue weighted by Gasteiger charge is 1.98. The lowest BCUT2D eigenvalue weighted by Gasteiger charge is -1.98. The second kappa shape index (κ2) is 4.74. The largest absolute Gasteiger partial charge is 0.506 e. The van der Waals surface area contributed by atoms with E-state index in [9.17, 15) is 0 Å². The molecule has 1 aromatic heterocycles. The SMILES string of the molecule is Cl.NCc1ncc(I)cc1O. The zero-order chi connectivity index (χ0) is 7.56. The van der Waals surface area contributed by atoms with Crippen LogP contribution >= 0.6 is 35.0 Å². The van der Waals surface area contributed by atoms with Crippen LogP contribution in [0.5, 0.6) is 5.75 Å². The van der Waals surface area contributed by atoms with E-state index in [1.165, 1.54) is 0 Å². The number of nitrogens with two attached hydrogens (primary N) is 1. The molecule has 0 radical (unpaired) electrons. The maximum Gasteiger partial charge on any atom is 0.139 e. The molecule has 0 amide bonds. The Hall–Kier alpha value is -0.0700. The summed E-state index contributed by atoms with van der Waals surface area (Å²) in [6.07, 6.45) is 1.67. The summed E-state index contributed by atoms with van der Waals surface area (Å²) < 4.78 is 0.910. The van der Waals surface area contributed by atoms with Gasteiger partial charge >= 0.3 is 0 Å². The second-order valence-corrected chi connectivity index (χ2v) is 3.07. The number of halogens is 2. The van der Waals surface area contributed by atoms with Gasteiger partial charge in [0.05, 0.1) is 5.69 Å². The minimum atomic E-state index is 0. The molecular formula is C6H8ClIN2O. The van der Waals surface area contributed by atoms with Gasteiger partial charge in [-0.1, -0.05) is 0 Å². The van der Waals surface area contributed by atoms with Crippen molar-refractivity contribution in [2.75, 3.05) is 0 Å². The first kappa shape index (κ1) is 10.9. The number of rotatable bonds is 1. The smallest absolute Gasteiger partial charge is 0.139 e. The molecule has 0 saturated heterocycles. The summed E-state index contributed by atoms with van der Waals surface area (Å²) in [5.41, 5.74) is 5.82. The van der Waals surface area contributed by atoms with Gasteiger partial charge in [-0.3, -0.25) is 4.98 Å². The van der Waals surface area contributed by atoms with E-state index in [4.69, 9.17) is 10.8 Å². The van der Waals surface area contributed by atoms with E-state index in [0.717, 1.165) is 3.57 Å². The first-order valence-electron chi connectivity index (χ1n) is 2.77. The van der Waals surface area contributed by atoms with E-state index in [0.29, 0.717) is 5.69 Å². The molecule has 62 valence electrons. The lowest BCUT2D eigenvalue weighted by atomic mass is 10.3. The van der Waals surface area contributed by atoms with Gasteiger partial charge in [0.25, 0.3) is 0 Å². The third-order valence-electron chi connectivity index (χ3n) is 1.11. The number of aromatic nitrogens is 1. The van der Waals surface area contributed by atoms with Crippen molar-refractivity contribution in [3.05, 3.63) is 21.5 Å². The summed E-state index contributed by atoms with van der Waals surface area (Å²) in [4.78, 5) is 3.91. The highest BCUT2D eigenvalue weighted by atomic mass is 127. The Balaban J connectivity index is 0.000001000. The Morgan fingerprint density at radius 1 is 1.64 bits per heavy atom. The normalized spacial score (nSPS) is 8.91. The van der Waals surface area contributed by atoms with Crippen molar-refractivity contribution in [2.24, 2.45) is 5.73 Å². The Kier molecular flexibility index (Phi) is 4.71. The molecule has 0 aliphatic carbocycles. The average molecular weight is 286 g/mol. The molecule has 11 heavy (non-hydrogen) atoms. The molecule has 0 saturated carbocycles. The predicted molar refractivity (Wildman–Crippen MR) is 53.8 cm³/mol. The van der Waals surface area contributed by atoms with Crippen LogP contribution in [0.1, 0.15) is 5.69 Å². The maximum absolute atomic E-state index is 9.14. The Labute approximate surface area is 84.6 Å². The molecule has 1 heterocycles. The summed E-state index contributed by atoms with van der Waals surface area (Å²) >= 11 is 2.08. The van der Waals surface area contributed by atoms with Crippen molar-refractivity contribution in [1.82, 2.24) is 4.98 Å². The molecular weight excluding hydrogens is 278 g/mol. The first-order valence-corrected chi connectivity index (χ1v) is 3.85. The Morgan fingerprint density at radius 3 is 2.73 bits per heavy atom. The van der Waals surface area contributed by atoms with Crippen LogP contribution < -0.4 is 5.73 Å². The van der Waals surface area contributed by atoms with Crippen molar-refractivity contribution >= 4 is 35.0 Å². The van der Waals surface area contributed by atoms with Crippen LogP contribution in [-0.2, 0) is 6.54 Å². The van der Waals surface area contributed by atoms with Crippen LogP contribution in [0.15, 0.2) is 12.3 Å². The molecule has 0 aliphatic heterocycles. The number of hydrogen-bond donors (Lipinski definition) is 2. The fourth-order valence-corrected chi connectivity index (χ4v) is 1.05.